The fourth-order valence-corrected chi connectivity index (χ4v) is 6.41. The topological polar surface area (TPSA) is 72.3 Å². The first-order valence-corrected chi connectivity index (χ1v) is 13.6. The summed E-state index contributed by atoms with van der Waals surface area (Å²) in [6.45, 7) is -0.945. The van der Waals surface area contributed by atoms with Crippen molar-refractivity contribution in [3.8, 4) is 0 Å². The van der Waals surface area contributed by atoms with Crippen molar-refractivity contribution < 1.29 is 45.1 Å². The van der Waals surface area contributed by atoms with Crippen LogP contribution in [-0.2, 0) is 41.1 Å². The molecule has 6 rings (SSSR count). The number of anilines is 1. The third-order valence-electron chi connectivity index (χ3n) is 8.48. The van der Waals surface area contributed by atoms with Crippen molar-refractivity contribution in [3.63, 3.8) is 0 Å². The third kappa shape index (κ3) is 5.12. The maximum Gasteiger partial charge on any atom is 0.435 e. The molecule has 3 aromatic rings. The highest BCUT2D eigenvalue weighted by Gasteiger charge is 2.68. The number of ketones is 2. The standard InChI is InChI=1S/C30H24F7N3O3/c1-39(19-3-4-21-15(9-19)2-5-24(21)42)28(43)16(6-14-7-17(31)11-18(32)8-14)10-20(41)13-40-27-25(26(38-40)30(35,36)37)22-12-23(22)29(27,33)34/h3-4,7-9,11,16,22-23H,2,5-6,10,12-13H2,1H3. The lowest BCUT2D eigenvalue weighted by atomic mass is 9.92. The van der Waals surface area contributed by atoms with E-state index in [1.807, 2.05) is 0 Å². The van der Waals surface area contributed by atoms with Crippen LogP contribution < -0.4 is 4.90 Å². The molecule has 3 aliphatic carbocycles. The molecule has 0 spiro atoms. The van der Waals surface area contributed by atoms with Gasteiger partial charge in [0.05, 0.1) is 0 Å². The molecule has 0 saturated heterocycles. The first-order chi connectivity index (χ1) is 20.1. The lowest BCUT2D eigenvalue weighted by Gasteiger charge is -2.25. The van der Waals surface area contributed by atoms with E-state index in [2.05, 4.69) is 5.10 Å². The Labute approximate surface area is 240 Å². The van der Waals surface area contributed by atoms with Crippen molar-refractivity contribution in [2.75, 3.05) is 11.9 Å². The second-order valence-corrected chi connectivity index (χ2v) is 11.4. The molecule has 0 aliphatic heterocycles. The maximum atomic E-state index is 15.0. The molecule has 3 atom stereocenters. The minimum absolute atomic E-state index is 0.0335. The van der Waals surface area contributed by atoms with Gasteiger partial charge in [-0.15, -0.1) is 0 Å². The van der Waals surface area contributed by atoms with E-state index in [0.717, 1.165) is 17.7 Å². The van der Waals surface area contributed by atoms with Crippen LogP contribution in [0.1, 0.15) is 63.6 Å². The predicted molar refractivity (Wildman–Crippen MR) is 138 cm³/mol. The molecule has 2 aromatic carbocycles. The molecule has 0 radical (unpaired) electrons. The molecule has 6 nitrogen and oxygen atoms in total. The largest absolute Gasteiger partial charge is 0.435 e. The maximum absolute atomic E-state index is 15.0. The highest BCUT2D eigenvalue weighted by Crippen LogP contribution is 2.68. The number of carbonyl (C=O) groups excluding carboxylic acids is 3. The lowest BCUT2D eigenvalue weighted by Crippen LogP contribution is -2.36. The smallest absolute Gasteiger partial charge is 0.315 e. The summed E-state index contributed by atoms with van der Waals surface area (Å²) in [4.78, 5) is 40.1. The van der Waals surface area contributed by atoms with E-state index >= 15 is 0 Å². The molecule has 1 aromatic heterocycles. The molecule has 1 fully saturated rings. The highest BCUT2D eigenvalue weighted by molar-refractivity contribution is 6.02. The zero-order valence-electron chi connectivity index (χ0n) is 22.7. The van der Waals surface area contributed by atoms with Crippen molar-refractivity contribution in [1.82, 2.24) is 9.78 Å². The van der Waals surface area contributed by atoms with Crippen molar-refractivity contribution in [2.45, 2.75) is 56.7 Å². The number of hydrogen-bond donors (Lipinski definition) is 0. The molecular formula is C30H24F7N3O3. The first-order valence-electron chi connectivity index (χ1n) is 13.6. The van der Waals surface area contributed by atoms with E-state index in [0.29, 0.717) is 34.8 Å². The Bertz CT molecular complexity index is 1660. The number of aromatic nitrogens is 2. The van der Waals surface area contributed by atoms with Gasteiger partial charge in [-0.05, 0) is 66.6 Å². The molecular weight excluding hydrogens is 583 g/mol. The van der Waals surface area contributed by atoms with Crippen molar-refractivity contribution >= 4 is 23.2 Å². The Morgan fingerprint density at radius 2 is 1.79 bits per heavy atom. The van der Waals surface area contributed by atoms with Crippen LogP contribution in [0.4, 0.5) is 36.4 Å². The Morgan fingerprint density at radius 1 is 1.09 bits per heavy atom. The molecule has 1 heterocycles. The van der Waals surface area contributed by atoms with Crippen molar-refractivity contribution in [3.05, 3.63) is 81.7 Å². The van der Waals surface area contributed by atoms with Gasteiger partial charge in [-0.2, -0.15) is 27.1 Å². The van der Waals surface area contributed by atoms with Crippen LogP contribution in [0.5, 0.6) is 0 Å². The summed E-state index contributed by atoms with van der Waals surface area (Å²) in [6.07, 6.45) is -5.25. The number of amides is 1. The molecule has 3 unspecified atom stereocenters. The van der Waals surface area contributed by atoms with E-state index in [1.54, 1.807) is 18.2 Å². The van der Waals surface area contributed by atoms with Crippen molar-refractivity contribution in [1.29, 1.82) is 0 Å². The fraction of sp³-hybridized carbons (Fsp3) is 0.400. The van der Waals surface area contributed by atoms with E-state index in [4.69, 9.17) is 0 Å². The average Bonchev–Trinajstić information content (AvgIpc) is 3.42. The number of rotatable bonds is 8. The van der Waals surface area contributed by atoms with Crippen LogP contribution in [0.3, 0.4) is 0 Å². The Kier molecular flexibility index (Phi) is 6.77. The summed E-state index contributed by atoms with van der Waals surface area (Å²) < 4.78 is 99.2. The quantitative estimate of drug-likeness (QED) is 0.295. The number of hydrogen-bond acceptors (Lipinski definition) is 4. The van der Waals surface area contributed by atoms with Crippen LogP contribution in [0.2, 0.25) is 0 Å². The summed E-state index contributed by atoms with van der Waals surface area (Å²) in [5.74, 6) is -10.5. The van der Waals surface area contributed by atoms with Crippen LogP contribution in [0, 0.1) is 23.5 Å². The first kappa shape index (κ1) is 29.1. The van der Waals surface area contributed by atoms with E-state index in [-0.39, 0.29) is 24.2 Å². The Hall–Kier alpha value is -4.03. The SMILES string of the molecule is CN(C(=O)C(CC(=O)Cn1nc(C(F)(F)F)c2c1C(F)(F)C1CC21)Cc1cc(F)cc(F)c1)c1ccc2c(c1)CCC2=O. The summed E-state index contributed by atoms with van der Waals surface area (Å²) in [5, 5.41) is 3.37. The zero-order valence-corrected chi connectivity index (χ0v) is 22.7. The van der Waals surface area contributed by atoms with Gasteiger partial charge in [-0.25, -0.2) is 8.78 Å². The minimum Gasteiger partial charge on any atom is -0.315 e. The van der Waals surface area contributed by atoms with E-state index < -0.39 is 83.1 Å². The molecule has 1 amide bonds. The van der Waals surface area contributed by atoms with Crippen LogP contribution in [0.25, 0.3) is 0 Å². The number of halogens is 7. The zero-order chi connectivity index (χ0) is 31.0. The van der Waals surface area contributed by atoms with Crippen LogP contribution in [-0.4, -0.2) is 34.3 Å². The van der Waals surface area contributed by atoms with E-state index in [1.165, 1.54) is 11.9 Å². The molecule has 3 aliphatic rings. The monoisotopic (exact) mass is 607 g/mol. The second-order valence-electron chi connectivity index (χ2n) is 11.4. The molecule has 0 N–H and O–H groups in total. The third-order valence-corrected chi connectivity index (χ3v) is 8.48. The number of aryl methyl sites for hydroxylation is 1. The average molecular weight is 608 g/mol. The van der Waals surface area contributed by atoms with Gasteiger partial charge in [0.15, 0.2) is 17.3 Å². The Morgan fingerprint density at radius 3 is 2.47 bits per heavy atom. The van der Waals surface area contributed by atoms with E-state index in [9.17, 15) is 45.1 Å². The minimum atomic E-state index is -5.00. The fourth-order valence-electron chi connectivity index (χ4n) is 6.41. The van der Waals surface area contributed by atoms with Gasteiger partial charge in [0.25, 0.3) is 5.92 Å². The van der Waals surface area contributed by atoms with Gasteiger partial charge in [-0.3, -0.25) is 19.1 Å². The molecule has 43 heavy (non-hydrogen) atoms. The highest BCUT2D eigenvalue weighted by atomic mass is 19.4. The Balaban J connectivity index is 1.29. The lowest BCUT2D eigenvalue weighted by molar-refractivity contribution is -0.142. The molecule has 0 bridgehead atoms. The molecule has 13 heteroatoms. The van der Waals surface area contributed by atoms with Crippen LogP contribution >= 0.6 is 0 Å². The summed E-state index contributed by atoms with van der Waals surface area (Å²) in [7, 11) is 1.41. The van der Waals surface area contributed by atoms with Crippen molar-refractivity contribution in [2.24, 2.45) is 11.8 Å². The summed E-state index contributed by atoms with van der Waals surface area (Å²) >= 11 is 0. The van der Waals surface area contributed by atoms with Gasteiger partial charge in [0.2, 0.25) is 5.91 Å². The second kappa shape index (κ2) is 10.0. The summed E-state index contributed by atoms with van der Waals surface area (Å²) in [6, 6.07) is 7.37. The van der Waals surface area contributed by atoms with Crippen LogP contribution in [0.15, 0.2) is 36.4 Å². The van der Waals surface area contributed by atoms with Gasteiger partial charge in [-0.1, -0.05) is 0 Å². The predicted octanol–water partition coefficient (Wildman–Crippen LogP) is 6.00. The molecule has 226 valence electrons. The normalized spacial score (nSPS) is 20.4. The van der Waals surface area contributed by atoms with Gasteiger partial charge < -0.3 is 4.90 Å². The summed E-state index contributed by atoms with van der Waals surface area (Å²) in [5.41, 5.74) is -1.28. The number of alkyl halides is 5. The molecule has 1 saturated carbocycles. The number of Topliss-reactive ketones (excluding diaryl/α,β-unsaturated/α-hetero) is 2. The van der Waals surface area contributed by atoms with Gasteiger partial charge >= 0.3 is 6.18 Å². The number of carbonyl (C=O) groups is 3. The van der Waals surface area contributed by atoms with Gasteiger partial charge in [0.1, 0.15) is 23.9 Å². The number of benzene rings is 2. The number of nitrogens with zero attached hydrogens (tertiary/aromatic N) is 3. The van der Waals surface area contributed by atoms with Gasteiger partial charge in [0, 0.05) is 54.6 Å². The number of fused-ring (bicyclic) bond motifs is 4.